The molecule has 0 aliphatic carbocycles. The summed E-state index contributed by atoms with van der Waals surface area (Å²) in [5, 5.41) is 8.84. The van der Waals surface area contributed by atoms with Gasteiger partial charge in [-0.15, -0.1) is 13.5 Å². The molecule has 16 heavy (non-hydrogen) atoms. The Balaban J connectivity index is 2.93. The number of rotatable bonds is 2. The van der Waals surface area contributed by atoms with Crippen LogP contribution in [0.15, 0.2) is 18.2 Å². The first-order chi connectivity index (χ1) is 7.33. The highest BCUT2D eigenvalue weighted by molar-refractivity contribution is 6.45. The van der Waals surface area contributed by atoms with Gasteiger partial charge in [-0.2, -0.15) is 0 Å². The third-order valence-corrected chi connectivity index (χ3v) is 2.02. The Morgan fingerprint density at radius 3 is 2.44 bits per heavy atom. The molecule has 1 aromatic carbocycles. The highest BCUT2D eigenvalue weighted by Gasteiger charge is 2.18. The van der Waals surface area contributed by atoms with Crippen molar-refractivity contribution in [1.29, 1.82) is 0 Å². The molecule has 1 rings (SSSR count). The van der Waals surface area contributed by atoms with Crippen molar-refractivity contribution in [2.24, 2.45) is 0 Å². The molecule has 2 radical (unpaired) electrons. The first kappa shape index (κ1) is 12.8. The van der Waals surface area contributed by atoms with Gasteiger partial charge in [-0.05, 0) is 33.3 Å². The van der Waals surface area contributed by atoms with Crippen LogP contribution in [0.3, 0.4) is 0 Å². The number of carbonyl (C=O) groups excluding carboxylic acids is 1. The van der Waals surface area contributed by atoms with Crippen LogP contribution in [0.5, 0.6) is 0 Å². The van der Waals surface area contributed by atoms with E-state index in [-0.39, 0.29) is 5.97 Å². The fourth-order valence-electron chi connectivity index (χ4n) is 1.33. The van der Waals surface area contributed by atoms with E-state index in [2.05, 4.69) is 0 Å². The summed E-state index contributed by atoms with van der Waals surface area (Å²) in [6.45, 7) is 7.30. The minimum absolute atomic E-state index is 0.338. The normalized spacial score (nSPS) is 11.3. The Morgan fingerprint density at radius 1 is 1.38 bits per heavy atom. The fourth-order valence-corrected chi connectivity index (χ4v) is 1.33. The Bertz CT molecular complexity index is 394. The monoisotopic (exact) mass is 219 g/mol. The van der Waals surface area contributed by atoms with E-state index >= 15 is 0 Å². The lowest BCUT2D eigenvalue weighted by atomic mass is 9.86. The van der Waals surface area contributed by atoms with Crippen LogP contribution in [0.2, 0.25) is 0 Å². The third kappa shape index (κ3) is 3.38. The molecule has 0 amide bonds. The smallest absolute Gasteiger partial charge is 0.338 e. The second kappa shape index (κ2) is 4.70. The Kier molecular flexibility index (Phi) is 3.76. The van der Waals surface area contributed by atoms with E-state index in [9.17, 15) is 4.79 Å². The minimum Gasteiger partial charge on any atom is -0.668 e. The Morgan fingerprint density at radius 2 is 2.00 bits per heavy atom. The molecule has 3 nitrogen and oxygen atoms in total. The van der Waals surface area contributed by atoms with Gasteiger partial charge in [-0.3, -0.25) is 0 Å². The molecule has 0 saturated heterocycles. The second-order valence-corrected chi connectivity index (χ2v) is 4.71. The van der Waals surface area contributed by atoms with Crippen molar-refractivity contribution in [3.05, 3.63) is 29.3 Å². The largest absolute Gasteiger partial charge is 0.668 e. The number of hydrogen-bond acceptors (Lipinski definition) is 3. The highest BCUT2D eigenvalue weighted by atomic mass is 16.6. The molecular weight excluding hydrogens is 203 g/mol. The lowest BCUT2D eigenvalue weighted by Crippen LogP contribution is -2.25. The Labute approximate surface area is 96.7 Å². The molecule has 86 valence electrons. The summed E-state index contributed by atoms with van der Waals surface area (Å²) >= 11 is 0. The van der Waals surface area contributed by atoms with Crippen molar-refractivity contribution in [1.82, 2.24) is 0 Å². The van der Waals surface area contributed by atoms with Crippen molar-refractivity contribution >= 4 is 18.9 Å². The quantitative estimate of drug-likeness (QED) is 0.600. The topological polar surface area (TPSA) is 46.5 Å². The predicted molar refractivity (Wildman–Crippen MR) is 64.0 cm³/mol. The second-order valence-electron chi connectivity index (χ2n) is 4.71. The summed E-state index contributed by atoms with van der Waals surface area (Å²) in [4.78, 5) is 11.8. The summed E-state index contributed by atoms with van der Waals surface area (Å²) in [7, 11) is 1.01. The van der Waals surface area contributed by atoms with Crippen molar-refractivity contribution in [3.8, 4) is 0 Å². The molecule has 0 heterocycles. The van der Waals surface area contributed by atoms with E-state index in [4.69, 9.17) is 9.76 Å². The van der Waals surface area contributed by atoms with Gasteiger partial charge < -0.3 is 9.76 Å². The number of esters is 1. The van der Waals surface area contributed by atoms with Crippen LogP contribution in [-0.4, -0.2) is 24.1 Å². The Hall–Kier alpha value is -1.29. The number of aryl methyl sites for hydroxylation is 1. The van der Waals surface area contributed by atoms with E-state index in [0.717, 1.165) is 13.0 Å². The summed E-state index contributed by atoms with van der Waals surface area (Å²) in [6, 6.07) is 5.07. The van der Waals surface area contributed by atoms with Gasteiger partial charge in [0.25, 0.3) is 0 Å². The molecule has 0 aromatic heterocycles. The lowest BCUT2D eigenvalue weighted by molar-refractivity contribution is 0.00688. The first-order valence-corrected chi connectivity index (χ1v) is 5.15. The van der Waals surface area contributed by atoms with Gasteiger partial charge in [0.05, 0.1) is 5.56 Å². The van der Waals surface area contributed by atoms with Crippen molar-refractivity contribution in [2.75, 3.05) is 0 Å². The van der Waals surface area contributed by atoms with Crippen LogP contribution in [0, 0.1) is 6.92 Å². The summed E-state index contributed by atoms with van der Waals surface area (Å²) in [6.07, 6.45) is 0. The van der Waals surface area contributed by atoms with E-state index in [1.807, 2.05) is 27.7 Å². The van der Waals surface area contributed by atoms with Gasteiger partial charge >= 0.3 is 5.97 Å². The zero-order chi connectivity index (χ0) is 12.3. The van der Waals surface area contributed by atoms with Gasteiger partial charge in [-0.1, -0.05) is 12.1 Å². The van der Waals surface area contributed by atoms with Gasteiger partial charge in [0.1, 0.15) is 5.60 Å². The van der Waals surface area contributed by atoms with Gasteiger partial charge in [0.2, 0.25) is 0 Å². The number of carbonyl (C=O) groups is 1. The molecule has 0 unspecified atom stereocenters. The van der Waals surface area contributed by atoms with Crippen LogP contribution < -0.4 is 5.46 Å². The van der Waals surface area contributed by atoms with Crippen LogP contribution in [0.1, 0.15) is 36.7 Å². The van der Waals surface area contributed by atoms with Crippen LogP contribution >= 0.6 is 0 Å². The van der Waals surface area contributed by atoms with Crippen molar-refractivity contribution in [2.45, 2.75) is 33.3 Å². The summed E-state index contributed by atoms with van der Waals surface area (Å²) in [5.41, 5.74) is 1.49. The molecule has 4 heteroatoms. The van der Waals surface area contributed by atoms with Crippen LogP contribution in [0.25, 0.3) is 0 Å². The van der Waals surface area contributed by atoms with Crippen molar-refractivity contribution < 1.29 is 14.6 Å². The molecule has 0 saturated carbocycles. The molecule has 0 aliphatic rings. The molecule has 0 aliphatic heterocycles. The van der Waals surface area contributed by atoms with Gasteiger partial charge in [0, 0.05) is 0 Å². The minimum atomic E-state index is -0.495. The molecule has 1 aromatic rings. The van der Waals surface area contributed by atoms with Crippen LogP contribution in [-0.2, 0) is 4.74 Å². The van der Waals surface area contributed by atoms with Gasteiger partial charge in [-0.25, -0.2) is 10.3 Å². The van der Waals surface area contributed by atoms with Crippen molar-refractivity contribution in [3.63, 3.8) is 0 Å². The average molecular weight is 219 g/mol. The number of ether oxygens (including phenoxy) is 1. The lowest BCUT2D eigenvalue weighted by Gasteiger charge is -2.21. The van der Waals surface area contributed by atoms with E-state index in [1.165, 1.54) is 0 Å². The van der Waals surface area contributed by atoms with Crippen LogP contribution in [0.4, 0.5) is 0 Å². The molecule has 0 atom stereocenters. The number of benzene rings is 1. The van der Waals surface area contributed by atoms with Gasteiger partial charge in [0.15, 0.2) is 0 Å². The molecule has 0 bridgehead atoms. The standard InChI is InChI=1S/C12H16BO3/c1-8-7-9(13-15)5-6-10(8)11(14)16-12(2,3)4/h5-7,15H,1-4H3/q-1. The van der Waals surface area contributed by atoms with E-state index in [0.29, 0.717) is 11.0 Å². The third-order valence-electron chi connectivity index (χ3n) is 2.02. The van der Waals surface area contributed by atoms with E-state index < -0.39 is 5.60 Å². The maximum atomic E-state index is 11.8. The SMILES string of the molecule is Cc1cc([B-]O)ccc1C(=O)OC(C)(C)C. The first-order valence-electron chi connectivity index (χ1n) is 5.15. The molecule has 1 N–H and O–H groups in total. The predicted octanol–water partition coefficient (Wildman–Crippen LogP) is 1.19. The molecule has 0 fully saturated rings. The zero-order valence-corrected chi connectivity index (χ0v) is 10.1. The zero-order valence-electron chi connectivity index (χ0n) is 10.1. The summed E-state index contributed by atoms with van der Waals surface area (Å²) in [5.74, 6) is -0.338. The van der Waals surface area contributed by atoms with E-state index in [1.54, 1.807) is 18.2 Å². The maximum absolute atomic E-state index is 11.8. The number of hydrogen-bond donors (Lipinski definition) is 1. The fraction of sp³-hybridized carbons (Fsp3) is 0.417. The highest BCUT2D eigenvalue weighted by Crippen LogP contribution is 2.14. The molecule has 0 spiro atoms. The summed E-state index contributed by atoms with van der Waals surface area (Å²) < 4.78 is 5.27. The average Bonchev–Trinajstić information content (AvgIpc) is 2.14. The maximum Gasteiger partial charge on any atom is 0.338 e. The molecular formula is C12H16BO3-.